The van der Waals surface area contributed by atoms with E-state index in [1.165, 1.54) is 0 Å². The summed E-state index contributed by atoms with van der Waals surface area (Å²) in [4.78, 5) is 0. The molecule has 0 spiro atoms. The minimum Gasteiger partial charge on any atom is -0.259 e. The van der Waals surface area contributed by atoms with Gasteiger partial charge >= 0.3 is 0 Å². The van der Waals surface area contributed by atoms with Crippen LogP contribution in [-0.4, -0.2) is 20.3 Å². The topological polar surface area (TPSA) is 43.4 Å². The molecule has 0 aromatic rings. The van der Waals surface area contributed by atoms with E-state index >= 15 is 0 Å². The van der Waals surface area contributed by atoms with E-state index in [4.69, 9.17) is 4.18 Å². The molecular formula is C9H14O3S. The molecule has 0 N–H and O–H groups in total. The first kappa shape index (κ1) is 10.5. The SMILES string of the molecule is CC[C@]1(OS(C)(=O)=O)C=CC=CC1. The lowest BCUT2D eigenvalue weighted by atomic mass is 9.93. The predicted octanol–water partition coefficient (Wildman–Crippen LogP) is 1.63. The molecule has 0 bridgehead atoms. The van der Waals surface area contributed by atoms with Gasteiger partial charge < -0.3 is 0 Å². The van der Waals surface area contributed by atoms with Crippen LogP contribution in [0.15, 0.2) is 24.3 Å². The fourth-order valence-electron chi connectivity index (χ4n) is 1.33. The molecule has 0 heterocycles. The van der Waals surface area contributed by atoms with Crippen LogP contribution < -0.4 is 0 Å². The van der Waals surface area contributed by atoms with Crippen molar-refractivity contribution in [1.29, 1.82) is 0 Å². The van der Waals surface area contributed by atoms with Crippen LogP contribution in [0.2, 0.25) is 0 Å². The Morgan fingerprint density at radius 2 is 2.15 bits per heavy atom. The highest BCUT2D eigenvalue weighted by Gasteiger charge is 2.30. The first-order valence-corrected chi connectivity index (χ1v) is 6.04. The monoisotopic (exact) mass is 202 g/mol. The first-order valence-electron chi connectivity index (χ1n) is 4.22. The Balaban J connectivity index is 2.83. The van der Waals surface area contributed by atoms with Crippen LogP contribution in [0.25, 0.3) is 0 Å². The maximum absolute atomic E-state index is 11.0. The van der Waals surface area contributed by atoms with E-state index in [9.17, 15) is 8.42 Å². The Kier molecular flexibility index (Phi) is 2.93. The number of hydrogen-bond donors (Lipinski definition) is 0. The Labute approximate surface area is 79.2 Å². The molecule has 0 aromatic carbocycles. The molecule has 1 aliphatic carbocycles. The van der Waals surface area contributed by atoms with Crippen LogP contribution >= 0.6 is 0 Å². The second kappa shape index (κ2) is 3.64. The van der Waals surface area contributed by atoms with Gasteiger partial charge in [0.1, 0.15) is 5.60 Å². The van der Waals surface area contributed by atoms with E-state index < -0.39 is 15.7 Å². The molecule has 0 unspecified atom stereocenters. The van der Waals surface area contributed by atoms with E-state index in [0.29, 0.717) is 12.8 Å². The third-order valence-corrected chi connectivity index (χ3v) is 2.66. The zero-order valence-corrected chi connectivity index (χ0v) is 8.67. The van der Waals surface area contributed by atoms with Crippen molar-refractivity contribution in [3.8, 4) is 0 Å². The van der Waals surface area contributed by atoms with Gasteiger partial charge in [-0.25, -0.2) is 0 Å². The second-order valence-electron chi connectivity index (χ2n) is 3.20. The fourth-order valence-corrected chi connectivity index (χ4v) is 2.17. The molecule has 0 aromatic heterocycles. The van der Waals surface area contributed by atoms with Crippen LogP contribution in [0.1, 0.15) is 19.8 Å². The highest BCUT2D eigenvalue weighted by Crippen LogP contribution is 2.27. The van der Waals surface area contributed by atoms with Gasteiger partial charge in [-0.05, 0) is 12.8 Å². The van der Waals surface area contributed by atoms with Crippen LogP contribution in [-0.2, 0) is 14.3 Å². The van der Waals surface area contributed by atoms with Gasteiger partial charge in [-0.2, -0.15) is 8.42 Å². The summed E-state index contributed by atoms with van der Waals surface area (Å²) in [7, 11) is -3.38. The van der Waals surface area contributed by atoms with E-state index in [0.717, 1.165) is 6.26 Å². The van der Waals surface area contributed by atoms with Crippen molar-refractivity contribution in [3.63, 3.8) is 0 Å². The Morgan fingerprint density at radius 1 is 1.46 bits per heavy atom. The maximum atomic E-state index is 11.0. The van der Waals surface area contributed by atoms with Gasteiger partial charge in [-0.3, -0.25) is 4.18 Å². The molecule has 1 atom stereocenters. The summed E-state index contributed by atoms with van der Waals surface area (Å²) in [6, 6.07) is 0. The maximum Gasteiger partial charge on any atom is 0.265 e. The lowest BCUT2D eigenvalue weighted by molar-refractivity contribution is 0.127. The minimum absolute atomic E-state index is 0.618. The Hall–Kier alpha value is -0.610. The van der Waals surface area contributed by atoms with E-state index in [2.05, 4.69) is 0 Å². The van der Waals surface area contributed by atoms with E-state index in [1.807, 2.05) is 25.2 Å². The molecule has 0 amide bonds. The number of rotatable bonds is 3. The fraction of sp³-hybridized carbons (Fsp3) is 0.556. The van der Waals surface area contributed by atoms with Crippen LogP contribution in [0, 0.1) is 0 Å². The van der Waals surface area contributed by atoms with Gasteiger partial charge in [-0.1, -0.05) is 31.2 Å². The van der Waals surface area contributed by atoms with Crippen LogP contribution in [0.4, 0.5) is 0 Å². The van der Waals surface area contributed by atoms with Crippen molar-refractivity contribution >= 4 is 10.1 Å². The third-order valence-electron chi connectivity index (χ3n) is 2.03. The molecule has 13 heavy (non-hydrogen) atoms. The standard InChI is InChI=1S/C9H14O3S/c1-3-9(12-13(2,10)11)7-5-4-6-8-9/h4-7H,3,8H2,1-2H3/t9-/m0/s1. The summed E-state index contributed by atoms with van der Waals surface area (Å²) >= 11 is 0. The molecule has 0 saturated heterocycles. The molecule has 0 saturated carbocycles. The summed E-state index contributed by atoms with van der Waals surface area (Å²) in [6.45, 7) is 1.91. The minimum atomic E-state index is -3.38. The van der Waals surface area contributed by atoms with Gasteiger partial charge in [0, 0.05) is 0 Å². The summed E-state index contributed by atoms with van der Waals surface area (Å²) in [6.07, 6.45) is 9.77. The highest BCUT2D eigenvalue weighted by molar-refractivity contribution is 7.86. The van der Waals surface area contributed by atoms with Gasteiger partial charge in [0.2, 0.25) is 0 Å². The second-order valence-corrected chi connectivity index (χ2v) is 4.77. The lowest BCUT2D eigenvalue weighted by Crippen LogP contribution is -2.32. The van der Waals surface area contributed by atoms with Crippen molar-refractivity contribution in [3.05, 3.63) is 24.3 Å². The molecule has 74 valence electrons. The van der Waals surface area contributed by atoms with Crippen molar-refractivity contribution in [2.24, 2.45) is 0 Å². The van der Waals surface area contributed by atoms with Crippen molar-refractivity contribution in [2.75, 3.05) is 6.26 Å². The third kappa shape index (κ3) is 2.97. The molecule has 0 aliphatic heterocycles. The van der Waals surface area contributed by atoms with Gasteiger partial charge in [-0.15, -0.1) is 0 Å². The molecule has 0 fully saturated rings. The zero-order valence-electron chi connectivity index (χ0n) is 7.86. The van der Waals surface area contributed by atoms with Crippen LogP contribution in [0.3, 0.4) is 0 Å². The summed E-state index contributed by atoms with van der Waals surface area (Å²) in [5, 5.41) is 0. The van der Waals surface area contributed by atoms with Crippen molar-refractivity contribution in [1.82, 2.24) is 0 Å². The summed E-state index contributed by atoms with van der Waals surface area (Å²) in [5.74, 6) is 0. The molecule has 3 nitrogen and oxygen atoms in total. The van der Waals surface area contributed by atoms with Crippen LogP contribution in [0.5, 0.6) is 0 Å². The van der Waals surface area contributed by atoms with Gasteiger partial charge in [0.05, 0.1) is 6.26 Å². The number of hydrogen-bond acceptors (Lipinski definition) is 3. The van der Waals surface area contributed by atoms with Gasteiger partial charge in [0.15, 0.2) is 0 Å². The average Bonchev–Trinajstić information content (AvgIpc) is 2.03. The first-order chi connectivity index (χ1) is 5.97. The van der Waals surface area contributed by atoms with E-state index in [-0.39, 0.29) is 0 Å². The molecule has 1 aliphatic rings. The Morgan fingerprint density at radius 3 is 2.54 bits per heavy atom. The van der Waals surface area contributed by atoms with Crippen molar-refractivity contribution in [2.45, 2.75) is 25.4 Å². The molecule has 1 rings (SSSR count). The predicted molar refractivity (Wildman–Crippen MR) is 51.8 cm³/mol. The largest absolute Gasteiger partial charge is 0.265 e. The van der Waals surface area contributed by atoms with E-state index in [1.54, 1.807) is 6.08 Å². The van der Waals surface area contributed by atoms with Gasteiger partial charge in [0.25, 0.3) is 10.1 Å². The quantitative estimate of drug-likeness (QED) is 0.653. The molecule has 0 radical (unpaired) electrons. The average molecular weight is 202 g/mol. The zero-order chi connectivity index (χ0) is 9.95. The lowest BCUT2D eigenvalue weighted by Gasteiger charge is -2.28. The van der Waals surface area contributed by atoms with Crippen molar-refractivity contribution < 1.29 is 12.6 Å². The smallest absolute Gasteiger partial charge is 0.259 e. The Bertz CT molecular complexity index is 327. The number of allylic oxidation sites excluding steroid dienone is 2. The normalized spacial score (nSPS) is 27.8. The summed E-state index contributed by atoms with van der Waals surface area (Å²) < 4.78 is 27.0. The molecular weight excluding hydrogens is 188 g/mol. The highest BCUT2D eigenvalue weighted by atomic mass is 32.2. The summed E-state index contributed by atoms with van der Waals surface area (Å²) in [5.41, 5.74) is -0.650. The molecule has 4 heteroatoms.